The number of esters is 1. The van der Waals surface area contributed by atoms with Crippen molar-refractivity contribution < 1.29 is 9.53 Å². The summed E-state index contributed by atoms with van der Waals surface area (Å²) in [5.41, 5.74) is 0.226. The summed E-state index contributed by atoms with van der Waals surface area (Å²) in [5.74, 6) is 3.49. The number of hydrogen-bond acceptors (Lipinski definition) is 2. The minimum absolute atomic E-state index is 0.0435. The van der Waals surface area contributed by atoms with E-state index < -0.39 is 0 Å². The first-order valence-electron chi connectivity index (χ1n) is 8.13. The molecule has 3 aliphatic carbocycles. The summed E-state index contributed by atoms with van der Waals surface area (Å²) in [6.07, 6.45) is 8.52. The van der Waals surface area contributed by atoms with Gasteiger partial charge in [0.1, 0.15) is 6.10 Å². The van der Waals surface area contributed by atoms with Gasteiger partial charge in [-0.25, -0.2) is 0 Å². The molecule has 3 aliphatic rings. The van der Waals surface area contributed by atoms with Crippen molar-refractivity contribution in [1.29, 1.82) is 0 Å². The molecule has 0 saturated heterocycles. The fourth-order valence-electron chi connectivity index (χ4n) is 4.85. The molecule has 0 N–H and O–H groups in total. The van der Waals surface area contributed by atoms with Gasteiger partial charge in [-0.15, -0.1) is 0 Å². The summed E-state index contributed by atoms with van der Waals surface area (Å²) in [6, 6.07) is 0. The highest BCUT2D eigenvalue weighted by molar-refractivity contribution is 5.69. The van der Waals surface area contributed by atoms with E-state index in [4.69, 9.17) is 4.74 Å². The van der Waals surface area contributed by atoms with Crippen LogP contribution in [0.4, 0.5) is 0 Å². The molecule has 3 fully saturated rings. The molecule has 2 heteroatoms. The van der Waals surface area contributed by atoms with Gasteiger partial charge in [0.25, 0.3) is 0 Å². The van der Waals surface area contributed by atoms with Crippen molar-refractivity contribution in [3.05, 3.63) is 0 Å². The lowest BCUT2D eigenvalue weighted by atomic mass is 9.80. The van der Waals surface area contributed by atoms with Gasteiger partial charge in [-0.2, -0.15) is 0 Å². The largest absolute Gasteiger partial charge is 0.462 e. The van der Waals surface area contributed by atoms with Crippen LogP contribution in [0.5, 0.6) is 0 Å². The maximum absolute atomic E-state index is 12.0. The summed E-state index contributed by atoms with van der Waals surface area (Å²) < 4.78 is 5.81. The average Bonchev–Trinajstić information content (AvgIpc) is 2.96. The second-order valence-corrected chi connectivity index (χ2v) is 8.24. The van der Waals surface area contributed by atoms with Crippen LogP contribution in [0.25, 0.3) is 0 Å². The minimum Gasteiger partial charge on any atom is -0.462 e. The molecular weight excluding hydrogens is 236 g/mol. The predicted octanol–water partition coefficient (Wildman–Crippen LogP) is 4.18. The van der Waals surface area contributed by atoms with Crippen LogP contribution in [0.15, 0.2) is 0 Å². The number of carbonyl (C=O) groups is 1. The normalized spacial score (nSPS) is 40.5. The maximum atomic E-state index is 12.0. The van der Waals surface area contributed by atoms with Gasteiger partial charge in [-0.3, -0.25) is 4.79 Å². The van der Waals surface area contributed by atoms with Gasteiger partial charge in [-0.1, -0.05) is 27.2 Å². The lowest BCUT2D eigenvalue weighted by Gasteiger charge is -2.31. The van der Waals surface area contributed by atoms with Crippen molar-refractivity contribution >= 4 is 5.97 Å². The van der Waals surface area contributed by atoms with Crippen LogP contribution in [-0.2, 0) is 9.53 Å². The van der Waals surface area contributed by atoms with Gasteiger partial charge in [0.15, 0.2) is 0 Å². The summed E-state index contributed by atoms with van der Waals surface area (Å²) in [6.45, 7) is 6.54. The standard InChI is InChI=1S/C17H28O2/c1-17(2,3)8-7-16(18)19-15-10-11-9-14(15)13-6-4-5-12(11)13/h11-15H,4-10H2,1-3H3. The third kappa shape index (κ3) is 2.68. The molecule has 3 saturated carbocycles. The van der Waals surface area contributed by atoms with Crippen LogP contribution in [0, 0.1) is 29.1 Å². The van der Waals surface area contributed by atoms with Crippen LogP contribution in [0.2, 0.25) is 0 Å². The van der Waals surface area contributed by atoms with Crippen molar-refractivity contribution in [1.82, 2.24) is 0 Å². The highest BCUT2D eigenvalue weighted by Gasteiger charge is 2.55. The highest BCUT2D eigenvalue weighted by atomic mass is 16.5. The molecule has 2 nitrogen and oxygen atoms in total. The topological polar surface area (TPSA) is 26.3 Å². The molecule has 0 radical (unpaired) electrons. The SMILES string of the molecule is CC(C)(C)CCC(=O)OC1CC2CC1C1CCCC21. The van der Waals surface area contributed by atoms with E-state index in [1.807, 2.05) is 0 Å². The first kappa shape index (κ1) is 13.5. The molecule has 2 bridgehead atoms. The lowest BCUT2D eigenvalue weighted by molar-refractivity contribution is -0.153. The summed E-state index contributed by atoms with van der Waals surface area (Å²) >= 11 is 0. The van der Waals surface area contributed by atoms with Crippen molar-refractivity contribution in [2.24, 2.45) is 29.1 Å². The average molecular weight is 264 g/mol. The van der Waals surface area contributed by atoms with Crippen LogP contribution < -0.4 is 0 Å². The fraction of sp³-hybridized carbons (Fsp3) is 0.941. The fourth-order valence-corrected chi connectivity index (χ4v) is 4.85. The van der Waals surface area contributed by atoms with E-state index >= 15 is 0 Å². The Hall–Kier alpha value is -0.530. The van der Waals surface area contributed by atoms with Gasteiger partial charge in [0, 0.05) is 6.42 Å². The molecule has 5 unspecified atom stereocenters. The van der Waals surface area contributed by atoms with Crippen molar-refractivity contribution in [3.8, 4) is 0 Å². The molecule has 3 rings (SSSR count). The van der Waals surface area contributed by atoms with Crippen LogP contribution in [-0.4, -0.2) is 12.1 Å². The Morgan fingerprint density at radius 3 is 2.58 bits per heavy atom. The summed E-state index contributed by atoms with van der Waals surface area (Å²) in [4.78, 5) is 12.0. The lowest BCUT2D eigenvalue weighted by Crippen LogP contribution is -2.32. The van der Waals surface area contributed by atoms with Gasteiger partial charge in [-0.05, 0) is 61.2 Å². The molecule has 0 amide bonds. The molecule has 0 spiro atoms. The van der Waals surface area contributed by atoms with Crippen molar-refractivity contribution in [2.75, 3.05) is 0 Å². The van der Waals surface area contributed by atoms with E-state index in [1.165, 1.54) is 25.7 Å². The first-order valence-corrected chi connectivity index (χ1v) is 8.13. The molecule has 0 aromatic heterocycles. The Labute approximate surface area is 117 Å². The minimum atomic E-state index is 0.0435. The number of fused-ring (bicyclic) bond motifs is 5. The van der Waals surface area contributed by atoms with Gasteiger partial charge in [0.2, 0.25) is 0 Å². The predicted molar refractivity (Wildman–Crippen MR) is 75.6 cm³/mol. The maximum Gasteiger partial charge on any atom is 0.306 e. The Balaban J connectivity index is 1.51. The smallest absolute Gasteiger partial charge is 0.306 e. The summed E-state index contributed by atoms with van der Waals surface area (Å²) in [5, 5.41) is 0. The quantitative estimate of drug-likeness (QED) is 0.715. The Morgan fingerprint density at radius 1 is 1.11 bits per heavy atom. The highest BCUT2D eigenvalue weighted by Crippen LogP contribution is 2.59. The van der Waals surface area contributed by atoms with Crippen LogP contribution >= 0.6 is 0 Å². The molecular formula is C17H28O2. The zero-order chi connectivity index (χ0) is 13.6. The monoisotopic (exact) mass is 264 g/mol. The number of ether oxygens (including phenoxy) is 1. The molecule has 19 heavy (non-hydrogen) atoms. The number of carbonyl (C=O) groups excluding carboxylic acids is 1. The molecule has 0 aromatic carbocycles. The zero-order valence-corrected chi connectivity index (χ0v) is 12.7. The Kier molecular flexibility index (Phi) is 3.39. The van der Waals surface area contributed by atoms with E-state index in [0.29, 0.717) is 12.3 Å². The van der Waals surface area contributed by atoms with E-state index in [2.05, 4.69) is 20.8 Å². The third-order valence-corrected chi connectivity index (χ3v) is 5.73. The Bertz CT molecular complexity index is 355. The molecule has 0 aromatic rings. The second-order valence-electron chi connectivity index (χ2n) is 8.24. The first-order chi connectivity index (χ1) is 8.94. The van der Waals surface area contributed by atoms with Crippen LogP contribution in [0.1, 0.15) is 65.7 Å². The van der Waals surface area contributed by atoms with E-state index in [1.54, 1.807) is 0 Å². The van der Waals surface area contributed by atoms with E-state index in [0.717, 1.165) is 30.6 Å². The van der Waals surface area contributed by atoms with Gasteiger partial charge >= 0.3 is 5.97 Å². The zero-order valence-electron chi connectivity index (χ0n) is 12.7. The van der Waals surface area contributed by atoms with Crippen molar-refractivity contribution in [3.63, 3.8) is 0 Å². The molecule has 0 heterocycles. The van der Waals surface area contributed by atoms with Gasteiger partial charge < -0.3 is 4.74 Å². The number of rotatable bonds is 3. The van der Waals surface area contributed by atoms with Gasteiger partial charge in [0.05, 0.1) is 0 Å². The van der Waals surface area contributed by atoms with Crippen molar-refractivity contribution in [2.45, 2.75) is 71.8 Å². The summed E-state index contributed by atoms with van der Waals surface area (Å²) in [7, 11) is 0. The van der Waals surface area contributed by atoms with Crippen LogP contribution in [0.3, 0.4) is 0 Å². The third-order valence-electron chi connectivity index (χ3n) is 5.73. The molecule has 0 aliphatic heterocycles. The molecule has 5 atom stereocenters. The Morgan fingerprint density at radius 2 is 1.84 bits per heavy atom. The second kappa shape index (κ2) is 4.79. The van der Waals surface area contributed by atoms with E-state index in [-0.39, 0.29) is 17.5 Å². The molecule has 108 valence electrons. The van der Waals surface area contributed by atoms with E-state index in [9.17, 15) is 4.79 Å². The number of hydrogen-bond donors (Lipinski definition) is 0.